The number of nitrogens with zero attached hydrogens (tertiary/aromatic N) is 1. The third-order valence-corrected chi connectivity index (χ3v) is 11.9. The van der Waals surface area contributed by atoms with E-state index < -0.39 is 58.9 Å². The number of amides is 2. The Kier molecular flexibility index (Phi) is 10.7. The number of carbonyl (C=O) groups is 3. The van der Waals surface area contributed by atoms with Crippen molar-refractivity contribution in [2.75, 3.05) is 25.1 Å². The summed E-state index contributed by atoms with van der Waals surface area (Å²) in [5.41, 5.74) is 0.808. The maximum Gasteiger partial charge on any atom is 0.324 e. The molecule has 4 aromatic rings. The first-order valence-electron chi connectivity index (χ1n) is 19.8. The van der Waals surface area contributed by atoms with E-state index in [1.165, 1.54) is 0 Å². The van der Waals surface area contributed by atoms with Gasteiger partial charge in [-0.05, 0) is 66.6 Å². The largest absolute Gasteiger partial charge is 0.491 e. The minimum Gasteiger partial charge on any atom is -0.491 e. The van der Waals surface area contributed by atoms with Gasteiger partial charge in [-0.25, -0.2) is 0 Å². The molecule has 4 aliphatic rings. The lowest BCUT2D eigenvalue weighted by Crippen LogP contribution is -2.54. The average Bonchev–Trinajstić information content (AvgIpc) is 3.60. The third kappa shape index (κ3) is 6.80. The Morgan fingerprint density at radius 1 is 0.930 bits per heavy atom. The molecular formula is C47H47N3O7. The van der Waals surface area contributed by atoms with Crippen molar-refractivity contribution in [3.8, 4) is 17.6 Å². The minimum atomic E-state index is -1.74. The van der Waals surface area contributed by atoms with Gasteiger partial charge >= 0.3 is 5.97 Å². The molecule has 6 atom stereocenters. The molecule has 2 amide bonds. The highest BCUT2D eigenvalue weighted by Gasteiger charge is 2.74. The van der Waals surface area contributed by atoms with Crippen molar-refractivity contribution in [2.24, 2.45) is 5.92 Å². The monoisotopic (exact) mass is 765 g/mol. The van der Waals surface area contributed by atoms with Crippen LogP contribution in [0.2, 0.25) is 0 Å². The number of carbonyl (C=O) groups excluding carboxylic acids is 3. The fraction of sp³-hybridized carbons (Fsp3) is 0.340. The fourth-order valence-corrected chi connectivity index (χ4v) is 9.54. The molecule has 8 rings (SSSR count). The van der Waals surface area contributed by atoms with Crippen molar-refractivity contribution in [3.05, 3.63) is 144 Å². The number of aliphatic hydroxyl groups is 2. The molecule has 292 valence electrons. The van der Waals surface area contributed by atoms with Crippen LogP contribution in [-0.2, 0) is 24.5 Å². The Morgan fingerprint density at radius 3 is 2.32 bits per heavy atom. The Morgan fingerprint density at radius 2 is 1.61 bits per heavy atom. The number of cyclic esters (lactones) is 1. The van der Waals surface area contributed by atoms with Gasteiger partial charge in [-0.2, -0.15) is 0 Å². The van der Waals surface area contributed by atoms with Crippen LogP contribution in [0.25, 0.3) is 0 Å². The number of fused-ring (bicyclic) bond motifs is 3. The summed E-state index contributed by atoms with van der Waals surface area (Å²) in [5.74, 6) is 3.87. The quantitative estimate of drug-likeness (QED) is 0.0699. The van der Waals surface area contributed by atoms with E-state index in [1.807, 2.05) is 89.8 Å². The lowest BCUT2D eigenvalue weighted by molar-refractivity contribution is -0.178. The van der Waals surface area contributed by atoms with Crippen LogP contribution in [0.4, 0.5) is 5.69 Å². The molecule has 1 saturated carbocycles. The number of aliphatic hydroxyl groups excluding tert-OH is 1. The number of esters is 1. The smallest absolute Gasteiger partial charge is 0.324 e. The zero-order valence-corrected chi connectivity index (χ0v) is 31.7. The van der Waals surface area contributed by atoms with Crippen LogP contribution < -0.4 is 15.4 Å². The summed E-state index contributed by atoms with van der Waals surface area (Å²) >= 11 is 0. The normalized spacial score (nSPS) is 26.2. The molecule has 1 spiro atoms. The molecule has 3 heterocycles. The Labute approximate surface area is 332 Å². The zero-order valence-electron chi connectivity index (χ0n) is 31.7. The number of para-hydroxylation sites is 1. The van der Waals surface area contributed by atoms with E-state index in [4.69, 9.17) is 9.47 Å². The summed E-state index contributed by atoms with van der Waals surface area (Å²) in [5, 5.41) is 27.4. The van der Waals surface area contributed by atoms with Crippen LogP contribution >= 0.6 is 0 Å². The fourth-order valence-electron chi connectivity index (χ4n) is 9.54. The van der Waals surface area contributed by atoms with E-state index in [0.717, 1.165) is 36.8 Å². The van der Waals surface area contributed by atoms with Gasteiger partial charge in [0.15, 0.2) is 0 Å². The van der Waals surface area contributed by atoms with E-state index in [-0.39, 0.29) is 19.8 Å². The average molecular weight is 766 g/mol. The molecular weight excluding hydrogens is 719 g/mol. The van der Waals surface area contributed by atoms with Crippen LogP contribution in [0.5, 0.6) is 5.75 Å². The number of ether oxygens (including phenoxy) is 2. The van der Waals surface area contributed by atoms with Crippen LogP contribution in [0, 0.1) is 17.8 Å². The van der Waals surface area contributed by atoms with Crippen molar-refractivity contribution in [1.29, 1.82) is 0 Å². The maximum absolute atomic E-state index is 15.4. The van der Waals surface area contributed by atoms with Crippen molar-refractivity contribution in [2.45, 2.75) is 73.8 Å². The standard InChI is InChI=1S/C47H47N3O7/c1-2-27-48-43(52)38-40-44(53)57-41(33-17-9-6-10-18-33)39(32-15-7-5-8-16-32)50(40)42(34-19-11-12-20-37(34)56-29-28-51)47(38)35-30-31(21-22-36(35)49-45(47)54)23-26-46(55)24-13-3-4-14-25-46/h2,5-12,15-22,30,38-42,51,55H,1,3-4,13-14,24-25,27-29H2,(H,48,52)(H,49,54)/t38-,39-,40-,41+,42+,47-/m1/s1. The third-order valence-electron chi connectivity index (χ3n) is 11.9. The predicted molar refractivity (Wildman–Crippen MR) is 215 cm³/mol. The first-order valence-corrected chi connectivity index (χ1v) is 19.8. The van der Waals surface area contributed by atoms with Gasteiger partial charge in [0, 0.05) is 23.4 Å². The SMILES string of the molecule is C=CCNC(=O)[C@H]1[C@@H]2C(=O)O[C@@H](c3ccccc3)[C@@H](c3ccccc3)N2[C@@H](c2ccccc2OCCO)[C@]12C(=O)Nc1ccc(C#CC3(O)CCCCCC3)cc12. The van der Waals surface area contributed by atoms with Gasteiger partial charge < -0.3 is 30.3 Å². The molecule has 0 bridgehead atoms. The number of hydrogen-bond donors (Lipinski definition) is 4. The molecule has 0 radical (unpaired) electrons. The van der Waals surface area contributed by atoms with Gasteiger partial charge in [0.2, 0.25) is 11.8 Å². The molecule has 3 aliphatic heterocycles. The molecule has 0 unspecified atom stereocenters. The second-order valence-corrected chi connectivity index (χ2v) is 15.3. The molecule has 2 saturated heterocycles. The number of morpholine rings is 1. The number of anilines is 1. The summed E-state index contributed by atoms with van der Waals surface area (Å²) in [6.07, 6.45) is 5.76. The Balaban J connectivity index is 1.42. The highest BCUT2D eigenvalue weighted by molar-refractivity contribution is 6.12. The summed E-state index contributed by atoms with van der Waals surface area (Å²) in [7, 11) is 0. The van der Waals surface area contributed by atoms with E-state index in [2.05, 4.69) is 29.1 Å². The Bertz CT molecular complexity index is 2210. The van der Waals surface area contributed by atoms with E-state index >= 15 is 4.79 Å². The van der Waals surface area contributed by atoms with Crippen molar-refractivity contribution in [3.63, 3.8) is 0 Å². The minimum absolute atomic E-state index is 0.0222. The number of hydrogen-bond acceptors (Lipinski definition) is 8. The predicted octanol–water partition coefficient (Wildman–Crippen LogP) is 6.07. The summed E-state index contributed by atoms with van der Waals surface area (Å²) in [4.78, 5) is 47.2. The van der Waals surface area contributed by atoms with Gasteiger partial charge in [0.25, 0.3) is 0 Å². The number of nitrogens with one attached hydrogen (secondary N) is 2. The van der Waals surface area contributed by atoms with E-state index in [1.54, 1.807) is 24.3 Å². The second-order valence-electron chi connectivity index (χ2n) is 15.3. The van der Waals surface area contributed by atoms with Crippen LogP contribution in [-0.4, -0.2) is 64.3 Å². The highest BCUT2D eigenvalue weighted by atomic mass is 16.6. The van der Waals surface area contributed by atoms with Gasteiger partial charge in [0.1, 0.15) is 35.5 Å². The molecule has 4 N–H and O–H groups in total. The second kappa shape index (κ2) is 16.0. The van der Waals surface area contributed by atoms with E-state index in [9.17, 15) is 19.8 Å². The van der Waals surface area contributed by atoms with E-state index in [0.29, 0.717) is 41.0 Å². The summed E-state index contributed by atoms with van der Waals surface area (Å²) in [6, 6.07) is 29.0. The first-order chi connectivity index (χ1) is 27.8. The lowest BCUT2D eigenvalue weighted by atomic mass is 9.65. The van der Waals surface area contributed by atoms with Gasteiger partial charge in [-0.1, -0.05) is 110 Å². The van der Waals surface area contributed by atoms with Crippen LogP contribution in [0.1, 0.15) is 84.5 Å². The Hall–Kier alpha value is -5.73. The number of benzene rings is 4. The van der Waals surface area contributed by atoms with Crippen LogP contribution in [0.15, 0.2) is 116 Å². The molecule has 10 heteroatoms. The summed E-state index contributed by atoms with van der Waals surface area (Å²) in [6.45, 7) is 3.63. The van der Waals surface area contributed by atoms with Gasteiger partial charge in [0.05, 0.1) is 24.6 Å². The van der Waals surface area contributed by atoms with Crippen molar-refractivity contribution in [1.82, 2.24) is 10.2 Å². The molecule has 4 aromatic carbocycles. The molecule has 57 heavy (non-hydrogen) atoms. The highest BCUT2D eigenvalue weighted by Crippen LogP contribution is 2.65. The molecule has 3 fully saturated rings. The topological polar surface area (TPSA) is 137 Å². The zero-order chi connectivity index (χ0) is 39.6. The van der Waals surface area contributed by atoms with Crippen molar-refractivity contribution < 1.29 is 34.1 Å². The number of rotatable bonds is 9. The maximum atomic E-state index is 15.4. The summed E-state index contributed by atoms with van der Waals surface area (Å²) < 4.78 is 12.7. The molecule has 1 aliphatic carbocycles. The van der Waals surface area contributed by atoms with Gasteiger partial charge in [-0.3, -0.25) is 19.3 Å². The molecule has 10 nitrogen and oxygen atoms in total. The first kappa shape index (κ1) is 38.2. The van der Waals surface area contributed by atoms with Crippen molar-refractivity contribution >= 4 is 23.5 Å². The van der Waals surface area contributed by atoms with Gasteiger partial charge in [-0.15, -0.1) is 6.58 Å². The lowest BCUT2D eigenvalue weighted by Gasteiger charge is -2.46. The van der Waals surface area contributed by atoms with Crippen LogP contribution in [0.3, 0.4) is 0 Å². The molecule has 0 aromatic heterocycles.